The minimum Gasteiger partial charge on any atom is -0.454 e. The number of amides is 2. The normalized spacial score (nSPS) is 17.6. The fourth-order valence-corrected chi connectivity index (χ4v) is 4.69. The maximum absolute atomic E-state index is 12.7. The van der Waals surface area contributed by atoms with Gasteiger partial charge in [0.1, 0.15) is 0 Å². The first-order valence-electron chi connectivity index (χ1n) is 9.96. The summed E-state index contributed by atoms with van der Waals surface area (Å²) in [7, 11) is -3.37. The number of nitrogens with zero attached hydrogens (tertiary/aromatic N) is 1. The van der Waals surface area contributed by atoms with Crippen molar-refractivity contribution in [3.8, 4) is 11.5 Å². The Morgan fingerprint density at radius 2 is 1.81 bits per heavy atom. The molecule has 1 atom stereocenters. The van der Waals surface area contributed by atoms with Crippen LogP contribution >= 0.6 is 0 Å². The Morgan fingerprint density at radius 3 is 2.55 bits per heavy atom. The van der Waals surface area contributed by atoms with Crippen LogP contribution < -0.4 is 24.4 Å². The predicted octanol–water partition coefficient (Wildman–Crippen LogP) is 2.56. The van der Waals surface area contributed by atoms with Gasteiger partial charge in [0.2, 0.25) is 28.6 Å². The molecule has 0 radical (unpaired) electrons. The lowest BCUT2D eigenvalue weighted by atomic mass is 10.1. The highest BCUT2D eigenvalue weighted by molar-refractivity contribution is 7.92. The summed E-state index contributed by atoms with van der Waals surface area (Å²) in [5.74, 6) is 0.343. The fourth-order valence-electron chi connectivity index (χ4n) is 3.55. The van der Waals surface area contributed by atoms with Crippen molar-refractivity contribution in [2.75, 3.05) is 34.0 Å². The van der Waals surface area contributed by atoms with Crippen LogP contribution in [0.1, 0.15) is 19.8 Å². The molecule has 0 aromatic heterocycles. The first-order valence-corrected chi connectivity index (χ1v) is 11.6. The molecule has 1 unspecified atom stereocenters. The van der Waals surface area contributed by atoms with Gasteiger partial charge in [-0.25, -0.2) is 8.42 Å². The van der Waals surface area contributed by atoms with E-state index in [0.29, 0.717) is 35.0 Å². The molecule has 2 amide bonds. The number of hydrogen-bond acceptors (Lipinski definition) is 6. The highest BCUT2D eigenvalue weighted by Crippen LogP contribution is 2.37. The minimum atomic E-state index is -3.37. The van der Waals surface area contributed by atoms with Crippen LogP contribution in [0.3, 0.4) is 0 Å². The van der Waals surface area contributed by atoms with Crippen molar-refractivity contribution in [1.82, 2.24) is 0 Å². The smallest absolute Gasteiger partial charge is 0.232 e. The van der Waals surface area contributed by atoms with Gasteiger partial charge in [-0.2, -0.15) is 0 Å². The van der Waals surface area contributed by atoms with Crippen LogP contribution in [0.25, 0.3) is 0 Å². The van der Waals surface area contributed by atoms with E-state index in [2.05, 4.69) is 10.0 Å². The van der Waals surface area contributed by atoms with E-state index in [-0.39, 0.29) is 37.3 Å². The van der Waals surface area contributed by atoms with Crippen LogP contribution in [0.15, 0.2) is 42.5 Å². The van der Waals surface area contributed by atoms with Crippen molar-refractivity contribution < 1.29 is 27.5 Å². The summed E-state index contributed by atoms with van der Waals surface area (Å²) in [5, 5.41) is 2.79. The van der Waals surface area contributed by atoms with Gasteiger partial charge in [0.25, 0.3) is 0 Å². The van der Waals surface area contributed by atoms with Gasteiger partial charge in [-0.15, -0.1) is 0 Å². The molecule has 4 rings (SSSR count). The van der Waals surface area contributed by atoms with Gasteiger partial charge in [-0.3, -0.25) is 14.3 Å². The van der Waals surface area contributed by atoms with Gasteiger partial charge in [0, 0.05) is 36.1 Å². The van der Waals surface area contributed by atoms with Crippen LogP contribution in [-0.4, -0.2) is 39.3 Å². The highest BCUT2D eigenvalue weighted by Gasteiger charge is 2.35. The molecule has 0 saturated carbocycles. The molecule has 1 fully saturated rings. The Labute approximate surface area is 180 Å². The molecule has 2 aromatic carbocycles. The van der Waals surface area contributed by atoms with Gasteiger partial charge in [-0.1, -0.05) is 6.92 Å². The molecule has 2 N–H and O–H groups in total. The van der Waals surface area contributed by atoms with Crippen molar-refractivity contribution in [3.05, 3.63) is 42.5 Å². The number of sulfonamides is 1. The molecule has 2 aromatic rings. The Hall–Kier alpha value is -3.27. The molecular formula is C21H23N3O6S. The summed E-state index contributed by atoms with van der Waals surface area (Å²) in [6.45, 7) is 2.20. The van der Waals surface area contributed by atoms with E-state index in [9.17, 15) is 18.0 Å². The number of anilines is 3. The number of fused-ring (bicyclic) bond motifs is 1. The van der Waals surface area contributed by atoms with Gasteiger partial charge < -0.3 is 19.7 Å². The zero-order valence-corrected chi connectivity index (χ0v) is 17.8. The highest BCUT2D eigenvalue weighted by atomic mass is 32.2. The van der Waals surface area contributed by atoms with Crippen molar-refractivity contribution in [1.29, 1.82) is 0 Å². The molecule has 9 nitrogen and oxygen atoms in total. The van der Waals surface area contributed by atoms with E-state index in [4.69, 9.17) is 9.47 Å². The van der Waals surface area contributed by atoms with E-state index >= 15 is 0 Å². The van der Waals surface area contributed by atoms with Crippen molar-refractivity contribution >= 4 is 38.9 Å². The van der Waals surface area contributed by atoms with Crippen LogP contribution in [0.2, 0.25) is 0 Å². The summed E-state index contributed by atoms with van der Waals surface area (Å²) in [4.78, 5) is 26.7. The monoisotopic (exact) mass is 445 g/mol. The summed E-state index contributed by atoms with van der Waals surface area (Å²) >= 11 is 0. The number of benzene rings is 2. The van der Waals surface area contributed by atoms with Crippen LogP contribution in [0, 0.1) is 5.92 Å². The van der Waals surface area contributed by atoms with Crippen LogP contribution in [0.5, 0.6) is 11.5 Å². The number of carbonyl (C=O) groups is 2. The Balaban J connectivity index is 1.37. The quantitative estimate of drug-likeness (QED) is 0.677. The lowest BCUT2D eigenvalue weighted by Gasteiger charge is -2.17. The zero-order chi connectivity index (χ0) is 22.0. The van der Waals surface area contributed by atoms with Gasteiger partial charge in [-0.05, 0) is 42.8 Å². The largest absolute Gasteiger partial charge is 0.454 e. The van der Waals surface area contributed by atoms with E-state index < -0.39 is 15.9 Å². The minimum absolute atomic E-state index is 0.0427. The first-order chi connectivity index (χ1) is 14.8. The van der Waals surface area contributed by atoms with Gasteiger partial charge >= 0.3 is 0 Å². The van der Waals surface area contributed by atoms with Crippen molar-refractivity contribution in [2.45, 2.75) is 19.8 Å². The first kappa shape index (κ1) is 21.0. The van der Waals surface area contributed by atoms with Crippen molar-refractivity contribution in [3.63, 3.8) is 0 Å². The second-order valence-corrected chi connectivity index (χ2v) is 9.27. The number of hydrogen-bond donors (Lipinski definition) is 2. The van der Waals surface area contributed by atoms with Crippen molar-refractivity contribution in [2.24, 2.45) is 5.92 Å². The molecule has 1 saturated heterocycles. The molecule has 0 bridgehead atoms. The molecular weight excluding hydrogens is 422 g/mol. The predicted molar refractivity (Wildman–Crippen MR) is 116 cm³/mol. The topological polar surface area (TPSA) is 114 Å². The molecule has 2 aliphatic rings. The third-order valence-corrected chi connectivity index (χ3v) is 6.55. The standard InChI is InChI=1S/C21H23N3O6S/c1-2-9-31(27,28)23-16-5-3-15(4-6-16)22-21(26)14-10-20(25)24(12-14)17-7-8-18-19(11-17)30-13-29-18/h3-8,11,14,23H,2,9-10,12-13H2,1H3,(H,22,26). The second kappa shape index (κ2) is 8.46. The molecule has 2 heterocycles. The van der Waals surface area contributed by atoms with Gasteiger partial charge in [0.05, 0.1) is 11.7 Å². The average Bonchev–Trinajstić information content (AvgIpc) is 3.35. The third kappa shape index (κ3) is 4.74. The summed E-state index contributed by atoms with van der Waals surface area (Å²) in [6.07, 6.45) is 0.627. The number of ether oxygens (including phenoxy) is 2. The molecule has 31 heavy (non-hydrogen) atoms. The SMILES string of the molecule is CCCS(=O)(=O)Nc1ccc(NC(=O)C2CC(=O)N(c3ccc4c(c3)OCO4)C2)cc1. The number of carbonyl (C=O) groups excluding carboxylic acids is 2. The number of rotatable bonds is 7. The summed E-state index contributed by atoms with van der Waals surface area (Å²) < 4.78 is 36.8. The Kier molecular flexibility index (Phi) is 5.73. The lowest BCUT2D eigenvalue weighted by Crippen LogP contribution is -2.28. The van der Waals surface area contributed by atoms with E-state index in [1.54, 1.807) is 54.3 Å². The summed E-state index contributed by atoms with van der Waals surface area (Å²) in [6, 6.07) is 11.7. The third-order valence-electron chi connectivity index (χ3n) is 5.06. The molecule has 164 valence electrons. The van der Waals surface area contributed by atoms with E-state index in [1.807, 2.05) is 0 Å². The van der Waals surface area contributed by atoms with E-state index in [1.165, 1.54) is 0 Å². The molecule has 0 spiro atoms. The zero-order valence-electron chi connectivity index (χ0n) is 17.0. The molecule has 10 heteroatoms. The maximum atomic E-state index is 12.7. The summed E-state index contributed by atoms with van der Waals surface area (Å²) in [5.41, 5.74) is 1.61. The lowest BCUT2D eigenvalue weighted by molar-refractivity contribution is -0.122. The van der Waals surface area contributed by atoms with E-state index in [0.717, 1.165) is 0 Å². The second-order valence-electron chi connectivity index (χ2n) is 7.43. The van der Waals surface area contributed by atoms with Crippen LogP contribution in [-0.2, 0) is 19.6 Å². The Morgan fingerprint density at radius 1 is 1.10 bits per heavy atom. The number of nitrogens with one attached hydrogen (secondary N) is 2. The maximum Gasteiger partial charge on any atom is 0.232 e. The molecule has 2 aliphatic heterocycles. The average molecular weight is 445 g/mol. The van der Waals surface area contributed by atoms with Gasteiger partial charge in [0.15, 0.2) is 11.5 Å². The van der Waals surface area contributed by atoms with Crippen LogP contribution in [0.4, 0.5) is 17.1 Å². The fraction of sp³-hybridized carbons (Fsp3) is 0.333. The Bertz CT molecular complexity index is 1100. The molecule has 0 aliphatic carbocycles.